The van der Waals surface area contributed by atoms with E-state index < -0.39 is 0 Å². The van der Waals surface area contributed by atoms with Gasteiger partial charge >= 0.3 is 0 Å². The lowest BCUT2D eigenvalue weighted by atomic mass is 9.74. The third-order valence-corrected chi connectivity index (χ3v) is 5.94. The summed E-state index contributed by atoms with van der Waals surface area (Å²) < 4.78 is 16.3. The number of aliphatic imine (C=N–C) groups is 1. The van der Waals surface area contributed by atoms with Crippen molar-refractivity contribution in [2.75, 3.05) is 60.7 Å². The summed E-state index contributed by atoms with van der Waals surface area (Å²) in [7, 11) is 5.35. The zero-order chi connectivity index (χ0) is 19.1. The molecule has 0 amide bonds. The summed E-state index contributed by atoms with van der Waals surface area (Å²) in [4.78, 5) is 6.89. The molecular formula is C21H34IN3O3. The second-order valence-corrected chi connectivity index (χ2v) is 7.58. The largest absolute Gasteiger partial charge is 0.497 e. The Morgan fingerprint density at radius 3 is 2.57 bits per heavy atom. The van der Waals surface area contributed by atoms with Gasteiger partial charge in [-0.05, 0) is 37.0 Å². The normalized spacial score (nSPS) is 21.9. The predicted molar refractivity (Wildman–Crippen MR) is 123 cm³/mol. The number of benzene rings is 1. The lowest BCUT2D eigenvalue weighted by molar-refractivity contribution is 0.0512. The van der Waals surface area contributed by atoms with Crippen LogP contribution in [0.4, 0.5) is 0 Å². The van der Waals surface area contributed by atoms with Crippen LogP contribution < -0.4 is 10.1 Å². The molecular weight excluding hydrogens is 469 g/mol. The van der Waals surface area contributed by atoms with Gasteiger partial charge in [-0.2, -0.15) is 0 Å². The molecule has 28 heavy (non-hydrogen) atoms. The van der Waals surface area contributed by atoms with Crippen molar-refractivity contribution < 1.29 is 14.2 Å². The molecule has 1 N–H and O–H groups in total. The summed E-state index contributed by atoms with van der Waals surface area (Å²) in [6.45, 7) is 5.32. The number of halogens is 1. The fraction of sp³-hybridized carbons (Fsp3) is 0.667. The smallest absolute Gasteiger partial charge is 0.193 e. The van der Waals surface area contributed by atoms with Crippen LogP contribution >= 0.6 is 24.0 Å². The van der Waals surface area contributed by atoms with Gasteiger partial charge in [0, 0.05) is 58.3 Å². The Balaban J connectivity index is 0.00000280. The van der Waals surface area contributed by atoms with Gasteiger partial charge < -0.3 is 24.4 Å². The maximum absolute atomic E-state index is 5.66. The van der Waals surface area contributed by atoms with Crippen molar-refractivity contribution in [3.8, 4) is 5.75 Å². The van der Waals surface area contributed by atoms with Crippen LogP contribution in [0.5, 0.6) is 5.75 Å². The van der Waals surface area contributed by atoms with Gasteiger partial charge in [-0.1, -0.05) is 12.1 Å². The molecule has 2 saturated heterocycles. The average molecular weight is 503 g/mol. The number of rotatable bonds is 6. The SMILES string of the molecule is CN=C(NCC1(c2ccc(OC)cc2)CCOCC1)N1CCC(COC)C1.I. The summed E-state index contributed by atoms with van der Waals surface area (Å²) in [5.41, 5.74) is 1.40. The summed E-state index contributed by atoms with van der Waals surface area (Å²) >= 11 is 0. The fourth-order valence-electron chi connectivity index (χ4n) is 4.25. The van der Waals surface area contributed by atoms with Crippen LogP contribution in [0.1, 0.15) is 24.8 Å². The highest BCUT2D eigenvalue weighted by Crippen LogP contribution is 2.35. The maximum Gasteiger partial charge on any atom is 0.193 e. The summed E-state index contributed by atoms with van der Waals surface area (Å²) in [6, 6.07) is 8.49. The Kier molecular flexibility index (Phi) is 9.30. The van der Waals surface area contributed by atoms with Crippen molar-refractivity contribution >= 4 is 29.9 Å². The van der Waals surface area contributed by atoms with Crippen molar-refractivity contribution in [2.24, 2.45) is 10.9 Å². The Hall–Kier alpha value is -1.06. The van der Waals surface area contributed by atoms with Gasteiger partial charge in [0.15, 0.2) is 5.96 Å². The highest BCUT2D eigenvalue weighted by atomic mass is 127. The molecule has 0 bridgehead atoms. The van der Waals surface area contributed by atoms with Crippen LogP contribution in [0.3, 0.4) is 0 Å². The van der Waals surface area contributed by atoms with Gasteiger partial charge in [0.05, 0.1) is 13.7 Å². The molecule has 2 fully saturated rings. The molecule has 0 aliphatic carbocycles. The molecule has 3 rings (SSSR count). The van der Waals surface area contributed by atoms with Gasteiger partial charge in [0.25, 0.3) is 0 Å². The molecule has 7 heteroatoms. The van der Waals surface area contributed by atoms with E-state index in [1.54, 1.807) is 14.2 Å². The monoisotopic (exact) mass is 503 g/mol. The number of ether oxygens (including phenoxy) is 3. The van der Waals surface area contributed by atoms with E-state index in [4.69, 9.17) is 14.2 Å². The molecule has 0 saturated carbocycles. The van der Waals surface area contributed by atoms with E-state index in [9.17, 15) is 0 Å². The Labute approximate surface area is 186 Å². The summed E-state index contributed by atoms with van der Waals surface area (Å²) in [5, 5.41) is 3.66. The number of likely N-dealkylation sites (tertiary alicyclic amines) is 1. The second-order valence-electron chi connectivity index (χ2n) is 7.58. The van der Waals surface area contributed by atoms with Gasteiger partial charge in [0.1, 0.15) is 5.75 Å². The van der Waals surface area contributed by atoms with Crippen molar-refractivity contribution in [1.29, 1.82) is 0 Å². The predicted octanol–water partition coefficient (Wildman–Crippen LogP) is 2.91. The topological polar surface area (TPSA) is 55.3 Å². The number of guanidine groups is 1. The Morgan fingerprint density at radius 1 is 1.25 bits per heavy atom. The lowest BCUT2D eigenvalue weighted by Gasteiger charge is -2.39. The van der Waals surface area contributed by atoms with Crippen LogP contribution in [0.25, 0.3) is 0 Å². The molecule has 0 spiro atoms. The van der Waals surface area contributed by atoms with Crippen LogP contribution in [0, 0.1) is 5.92 Å². The first-order valence-electron chi connectivity index (χ1n) is 9.87. The van der Waals surface area contributed by atoms with Crippen molar-refractivity contribution in [3.05, 3.63) is 29.8 Å². The number of nitrogens with zero attached hydrogens (tertiary/aromatic N) is 2. The molecule has 1 unspecified atom stereocenters. The molecule has 0 aromatic heterocycles. The quantitative estimate of drug-likeness (QED) is 0.368. The number of hydrogen-bond acceptors (Lipinski definition) is 4. The van der Waals surface area contributed by atoms with Gasteiger partial charge in [-0.25, -0.2) is 0 Å². The van der Waals surface area contributed by atoms with E-state index in [0.29, 0.717) is 5.92 Å². The van der Waals surface area contributed by atoms with Crippen LogP contribution in [-0.2, 0) is 14.9 Å². The molecule has 2 aliphatic rings. The minimum absolute atomic E-state index is 0. The molecule has 2 aliphatic heterocycles. The van der Waals surface area contributed by atoms with Crippen LogP contribution in [0.2, 0.25) is 0 Å². The Morgan fingerprint density at radius 2 is 1.96 bits per heavy atom. The zero-order valence-corrected chi connectivity index (χ0v) is 19.6. The third-order valence-electron chi connectivity index (χ3n) is 5.94. The van der Waals surface area contributed by atoms with E-state index in [1.165, 1.54) is 5.56 Å². The molecule has 0 radical (unpaired) electrons. The summed E-state index contributed by atoms with van der Waals surface area (Å²) in [5.74, 6) is 2.48. The van der Waals surface area contributed by atoms with E-state index in [1.807, 2.05) is 7.05 Å². The van der Waals surface area contributed by atoms with Crippen LogP contribution in [0.15, 0.2) is 29.3 Å². The van der Waals surface area contributed by atoms with Gasteiger partial charge in [-0.3, -0.25) is 4.99 Å². The number of nitrogens with one attached hydrogen (secondary N) is 1. The molecule has 1 aromatic rings. The standard InChI is InChI=1S/C21H33N3O3.HI/c1-22-20(24-11-8-17(14-24)15-25-2)23-16-21(9-12-27-13-10-21)18-4-6-19(26-3)7-5-18;/h4-7,17H,8-16H2,1-3H3,(H,22,23);1H. The van der Waals surface area contributed by atoms with Crippen molar-refractivity contribution in [2.45, 2.75) is 24.7 Å². The average Bonchev–Trinajstić information content (AvgIpc) is 3.18. The minimum atomic E-state index is 0. The third kappa shape index (κ3) is 5.51. The van der Waals surface area contributed by atoms with Crippen LogP contribution in [-0.4, -0.2) is 71.6 Å². The van der Waals surface area contributed by atoms with E-state index in [-0.39, 0.29) is 29.4 Å². The first-order chi connectivity index (χ1) is 13.2. The number of methoxy groups -OCH3 is 2. The highest BCUT2D eigenvalue weighted by molar-refractivity contribution is 14.0. The zero-order valence-electron chi connectivity index (χ0n) is 17.3. The van der Waals surface area contributed by atoms with Gasteiger partial charge in [0.2, 0.25) is 0 Å². The van der Waals surface area contributed by atoms with E-state index in [0.717, 1.165) is 70.4 Å². The van der Waals surface area contributed by atoms with Crippen molar-refractivity contribution in [3.63, 3.8) is 0 Å². The van der Waals surface area contributed by atoms with Gasteiger partial charge in [-0.15, -0.1) is 24.0 Å². The fourth-order valence-corrected chi connectivity index (χ4v) is 4.25. The minimum Gasteiger partial charge on any atom is -0.497 e. The molecule has 6 nitrogen and oxygen atoms in total. The summed E-state index contributed by atoms with van der Waals surface area (Å²) in [6.07, 6.45) is 3.18. The molecule has 1 aromatic carbocycles. The highest BCUT2D eigenvalue weighted by Gasteiger charge is 2.35. The van der Waals surface area contributed by atoms with Crippen molar-refractivity contribution in [1.82, 2.24) is 10.2 Å². The van der Waals surface area contributed by atoms with E-state index in [2.05, 4.69) is 39.5 Å². The Bertz CT molecular complexity index is 618. The molecule has 2 heterocycles. The second kappa shape index (κ2) is 11.2. The molecule has 158 valence electrons. The van der Waals surface area contributed by atoms with E-state index >= 15 is 0 Å². The maximum atomic E-state index is 5.66. The number of hydrogen-bond donors (Lipinski definition) is 1. The first-order valence-corrected chi connectivity index (χ1v) is 9.87. The first kappa shape index (κ1) is 23.2. The lowest BCUT2D eigenvalue weighted by Crippen LogP contribution is -2.49. The molecule has 1 atom stereocenters.